The maximum Gasteiger partial charge on any atom is 0.0950 e. The van der Waals surface area contributed by atoms with E-state index in [-0.39, 0.29) is 0 Å². The fourth-order valence-corrected chi connectivity index (χ4v) is 1.64. The molecule has 0 spiro atoms. The van der Waals surface area contributed by atoms with E-state index in [0.717, 1.165) is 25.8 Å². The quantitative estimate of drug-likeness (QED) is 0.519. The Hall–Kier alpha value is -1.02. The van der Waals surface area contributed by atoms with Crippen molar-refractivity contribution in [3.8, 4) is 0 Å². The summed E-state index contributed by atoms with van der Waals surface area (Å²) in [5, 5.41) is 3.54. The van der Waals surface area contributed by atoms with Crippen molar-refractivity contribution in [1.29, 1.82) is 0 Å². The zero-order valence-electron chi connectivity index (χ0n) is 9.54. The summed E-state index contributed by atoms with van der Waals surface area (Å²) >= 11 is 0. The van der Waals surface area contributed by atoms with Gasteiger partial charge in [-0.15, -0.1) is 6.58 Å². The summed E-state index contributed by atoms with van der Waals surface area (Å²) in [5.74, 6) is 0. The van der Waals surface area contributed by atoms with Gasteiger partial charge in [-0.25, -0.2) is 0 Å². The first-order valence-electron chi connectivity index (χ1n) is 5.74. The molecule has 2 nitrogen and oxygen atoms in total. The van der Waals surface area contributed by atoms with Gasteiger partial charge < -0.3 is 9.73 Å². The number of hydrogen-bond acceptors (Lipinski definition) is 2. The standard InChI is InChI=1S/C13H21NO/c1-3-5-6-7-13(14-9-4-2)12-8-10-15-11-12/h3,8,10-11,13-14H,1,4-7,9H2,2H3. The van der Waals surface area contributed by atoms with E-state index < -0.39 is 0 Å². The number of nitrogens with one attached hydrogen (secondary N) is 1. The molecule has 0 fully saturated rings. The van der Waals surface area contributed by atoms with Crippen molar-refractivity contribution in [2.45, 2.75) is 38.6 Å². The molecule has 0 saturated heterocycles. The van der Waals surface area contributed by atoms with Gasteiger partial charge in [0.15, 0.2) is 0 Å². The van der Waals surface area contributed by atoms with Crippen LogP contribution in [0.15, 0.2) is 35.7 Å². The van der Waals surface area contributed by atoms with Crippen molar-refractivity contribution < 1.29 is 4.42 Å². The first kappa shape index (κ1) is 12.1. The minimum Gasteiger partial charge on any atom is -0.472 e. The average Bonchev–Trinajstić information content (AvgIpc) is 2.76. The summed E-state index contributed by atoms with van der Waals surface area (Å²) in [6.45, 7) is 6.99. The molecule has 1 heterocycles. The molecule has 84 valence electrons. The van der Waals surface area contributed by atoms with E-state index in [1.54, 1.807) is 6.26 Å². The first-order chi connectivity index (χ1) is 7.38. The van der Waals surface area contributed by atoms with E-state index in [1.807, 2.05) is 18.4 Å². The van der Waals surface area contributed by atoms with E-state index >= 15 is 0 Å². The van der Waals surface area contributed by atoms with Crippen molar-refractivity contribution in [2.24, 2.45) is 0 Å². The summed E-state index contributed by atoms with van der Waals surface area (Å²) in [5.41, 5.74) is 1.26. The molecule has 2 heteroatoms. The number of unbranched alkanes of at least 4 members (excludes halogenated alkanes) is 1. The summed E-state index contributed by atoms with van der Waals surface area (Å²) in [6, 6.07) is 2.48. The molecule has 0 aliphatic rings. The third-order valence-corrected chi connectivity index (χ3v) is 2.49. The summed E-state index contributed by atoms with van der Waals surface area (Å²) < 4.78 is 5.12. The largest absolute Gasteiger partial charge is 0.472 e. The fourth-order valence-electron chi connectivity index (χ4n) is 1.64. The Balaban J connectivity index is 2.42. The Bertz CT molecular complexity index is 254. The van der Waals surface area contributed by atoms with Crippen molar-refractivity contribution in [2.75, 3.05) is 6.54 Å². The molecule has 1 atom stereocenters. The van der Waals surface area contributed by atoms with Crippen LogP contribution >= 0.6 is 0 Å². The molecule has 0 bridgehead atoms. The molecule has 0 radical (unpaired) electrons. The second-order valence-electron chi connectivity index (χ2n) is 3.78. The van der Waals surface area contributed by atoms with Crippen LogP contribution in [-0.2, 0) is 0 Å². The van der Waals surface area contributed by atoms with Crippen LogP contribution in [0.5, 0.6) is 0 Å². The van der Waals surface area contributed by atoms with Crippen molar-refractivity contribution >= 4 is 0 Å². The van der Waals surface area contributed by atoms with Gasteiger partial charge in [0.2, 0.25) is 0 Å². The molecule has 1 aromatic rings. The Morgan fingerprint density at radius 2 is 2.47 bits per heavy atom. The molecule has 15 heavy (non-hydrogen) atoms. The average molecular weight is 207 g/mol. The van der Waals surface area contributed by atoms with Gasteiger partial charge in [0, 0.05) is 11.6 Å². The Kier molecular flexibility index (Phi) is 5.86. The third-order valence-electron chi connectivity index (χ3n) is 2.49. The van der Waals surface area contributed by atoms with E-state index in [4.69, 9.17) is 4.42 Å². The van der Waals surface area contributed by atoms with Gasteiger partial charge in [0.05, 0.1) is 12.5 Å². The van der Waals surface area contributed by atoms with Gasteiger partial charge in [0.1, 0.15) is 0 Å². The number of allylic oxidation sites excluding steroid dienone is 1. The number of hydrogen-bond donors (Lipinski definition) is 1. The molecule has 0 aliphatic carbocycles. The summed E-state index contributed by atoms with van der Waals surface area (Å²) in [4.78, 5) is 0. The van der Waals surface area contributed by atoms with Crippen LogP contribution in [0.3, 0.4) is 0 Å². The molecule has 1 N–H and O–H groups in total. The van der Waals surface area contributed by atoms with Crippen molar-refractivity contribution in [1.82, 2.24) is 5.32 Å². The molecule has 0 saturated carbocycles. The summed E-state index contributed by atoms with van der Waals surface area (Å²) in [7, 11) is 0. The van der Waals surface area contributed by atoms with Crippen LogP contribution in [0.1, 0.15) is 44.2 Å². The number of rotatable bonds is 8. The van der Waals surface area contributed by atoms with Gasteiger partial charge in [0.25, 0.3) is 0 Å². The molecule has 1 rings (SSSR count). The SMILES string of the molecule is C=CCCCC(NCCC)c1ccoc1. The molecule has 0 aromatic carbocycles. The molecule has 0 aliphatic heterocycles. The Morgan fingerprint density at radius 1 is 1.60 bits per heavy atom. The van der Waals surface area contributed by atoms with E-state index in [1.165, 1.54) is 12.0 Å². The van der Waals surface area contributed by atoms with Gasteiger partial charge in [-0.2, -0.15) is 0 Å². The van der Waals surface area contributed by atoms with Crippen LogP contribution in [0.4, 0.5) is 0 Å². The zero-order chi connectivity index (χ0) is 10.9. The highest BCUT2D eigenvalue weighted by Gasteiger charge is 2.10. The maximum absolute atomic E-state index is 5.12. The maximum atomic E-state index is 5.12. The fraction of sp³-hybridized carbons (Fsp3) is 0.538. The predicted molar refractivity (Wildman–Crippen MR) is 63.8 cm³/mol. The zero-order valence-corrected chi connectivity index (χ0v) is 9.54. The molecular formula is C13H21NO. The van der Waals surface area contributed by atoms with Gasteiger partial charge in [-0.3, -0.25) is 0 Å². The normalized spacial score (nSPS) is 12.6. The lowest BCUT2D eigenvalue weighted by molar-refractivity contribution is 0.477. The van der Waals surface area contributed by atoms with Crippen LogP contribution in [0, 0.1) is 0 Å². The van der Waals surface area contributed by atoms with Crippen molar-refractivity contribution in [3.05, 3.63) is 36.8 Å². The highest BCUT2D eigenvalue weighted by atomic mass is 16.3. The molecular weight excluding hydrogens is 186 g/mol. The highest BCUT2D eigenvalue weighted by Crippen LogP contribution is 2.19. The first-order valence-corrected chi connectivity index (χ1v) is 5.74. The van der Waals surface area contributed by atoms with Crippen LogP contribution in [0.25, 0.3) is 0 Å². The highest BCUT2D eigenvalue weighted by molar-refractivity contribution is 5.11. The Labute approximate surface area is 92.4 Å². The van der Waals surface area contributed by atoms with Crippen LogP contribution < -0.4 is 5.32 Å². The minimum absolute atomic E-state index is 0.434. The molecule has 1 aromatic heterocycles. The summed E-state index contributed by atoms with van der Waals surface area (Å²) in [6.07, 6.45) is 10.1. The predicted octanol–water partition coefficient (Wildman–Crippen LogP) is 3.68. The van der Waals surface area contributed by atoms with Gasteiger partial charge in [-0.05, 0) is 38.3 Å². The van der Waals surface area contributed by atoms with E-state index in [9.17, 15) is 0 Å². The van der Waals surface area contributed by atoms with Crippen LogP contribution in [-0.4, -0.2) is 6.54 Å². The lowest BCUT2D eigenvalue weighted by Gasteiger charge is -2.16. The number of furan rings is 1. The minimum atomic E-state index is 0.434. The Morgan fingerprint density at radius 3 is 3.07 bits per heavy atom. The van der Waals surface area contributed by atoms with Crippen LogP contribution in [0.2, 0.25) is 0 Å². The van der Waals surface area contributed by atoms with Gasteiger partial charge in [-0.1, -0.05) is 13.0 Å². The molecule has 0 amide bonds. The second-order valence-corrected chi connectivity index (χ2v) is 3.78. The third kappa shape index (κ3) is 4.34. The van der Waals surface area contributed by atoms with Crippen molar-refractivity contribution in [3.63, 3.8) is 0 Å². The molecule has 1 unspecified atom stereocenters. The topological polar surface area (TPSA) is 25.2 Å². The second kappa shape index (κ2) is 7.30. The smallest absolute Gasteiger partial charge is 0.0950 e. The van der Waals surface area contributed by atoms with Gasteiger partial charge >= 0.3 is 0 Å². The lowest BCUT2D eigenvalue weighted by atomic mass is 10.0. The van der Waals surface area contributed by atoms with E-state index in [2.05, 4.69) is 18.8 Å². The van der Waals surface area contributed by atoms with E-state index in [0.29, 0.717) is 6.04 Å². The lowest BCUT2D eigenvalue weighted by Crippen LogP contribution is -2.21. The monoisotopic (exact) mass is 207 g/mol.